The van der Waals surface area contributed by atoms with Gasteiger partial charge in [-0.2, -0.15) is 0 Å². The summed E-state index contributed by atoms with van der Waals surface area (Å²) in [5.74, 6) is 0.181. The first-order valence-electron chi connectivity index (χ1n) is 5.73. The van der Waals surface area contributed by atoms with E-state index in [2.05, 4.69) is 32.7 Å². The first-order chi connectivity index (χ1) is 8.02. The number of hydrogen-bond donors (Lipinski definition) is 1. The lowest BCUT2D eigenvalue weighted by molar-refractivity contribution is -0.130. The zero-order chi connectivity index (χ0) is 12.8. The molecule has 96 valence electrons. The van der Waals surface area contributed by atoms with Crippen LogP contribution >= 0.6 is 27.3 Å². The van der Waals surface area contributed by atoms with Gasteiger partial charge >= 0.3 is 0 Å². The molecule has 1 N–H and O–H groups in total. The van der Waals surface area contributed by atoms with Crippen molar-refractivity contribution in [3.8, 4) is 0 Å². The number of nitrogens with one attached hydrogen (secondary N) is 1. The molecule has 5 heteroatoms. The SMILES string of the molecule is CCNC(C)CC(=O)N(C)Cc1csc(Br)c1. The van der Waals surface area contributed by atoms with Crippen molar-refractivity contribution in [2.75, 3.05) is 13.6 Å². The average Bonchev–Trinajstić information content (AvgIpc) is 2.64. The Morgan fingerprint density at radius 1 is 1.65 bits per heavy atom. The summed E-state index contributed by atoms with van der Waals surface area (Å²) in [6.45, 7) is 5.67. The average molecular weight is 319 g/mol. The van der Waals surface area contributed by atoms with Gasteiger partial charge in [-0.15, -0.1) is 11.3 Å². The van der Waals surface area contributed by atoms with Crippen molar-refractivity contribution in [3.05, 3.63) is 20.8 Å². The predicted molar refractivity (Wildman–Crippen MR) is 76.2 cm³/mol. The topological polar surface area (TPSA) is 32.3 Å². The molecule has 0 bridgehead atoms. The van der Waals surface area contributed by atoms with Crippen LogP contribution in [0.25, 0.3) is 0 Å². The number of thiophene rings is 1. The first kappa shape index (κ1) is 14.7. The molecule has 3 nitrogen and oxygen atoms in total. The van der Waals surface area contributed by atoms with Gasteiger partial charge < -0.3 is 10.2 Å². The number of nitrogens with zero attached hydrogens (tertiary/aromatic N) is 1. The Hall–Kier alpha value is -0.390. The zero-order valence-electron chi connectivity index (χ0n) is 10.5. The minimum atomic E-state index is 0.181. The number of carbonyl (C=O) groups is 1. The van der Waals surface area contributed by atoms with Crippen molar-refractivity contribution < 1.29 is 4.79 Å². The standard InChI is InChI=1S/C12H19BrN2OS/c1-4-14-9(2)5-12(16)15(3)7-10-6-11(13)17-8-10/h6,8-9,14H,4-5,7H2,1-3H3. The van der Waals surface area contributed by atoms with E-state index in [0.717, 1.165) is 10.3 Å². The van der Waals surface area contributed by atoms with E-state index < -0.39 is 0 Å². The third kappa shape index (κ3) is 5.19. The lowest BCUT2D eigenvalue weighted by Crippen LogP contribution is -2.34. The summed E-state index contributed by atoms with van der Waals surface area (Å²) >= 11 is 5.07. The fourth-order valence-electron chi connectivity index (χ4n) is 1.63. The Morgan fingerprint density at radius 3 is 2.88 bits per heavy atom. The quantitative estimate of drug-likeness (QED) is 0.874. The molecule has 0 aromatic carbocycles. The molecule has 0 aliphatic rings. The van der Waals surface area contributed by atoms with Crippen LogP contribution in [0.1, 0.15) is 25.8 Å². The summed E-state index contributed by atoms with van der Waals surface area (Å²) in [5, 5.41) is 5.32. The van der Waals surface area contributed by atoms with Crippen LogP contribution in [0.2, 0.25) is 0 Å². The Labute approximate surface area is 115 Å². The minimum absolute atomic E-state index is 0.181. The van der Waals surface area contributed by atoms with Crippen molar-refractivity contribution in [2.45, 2.75) is 32.9 Å². The summed E-state index contributed by atoms with van der Waals surface area (Å²) < 4.78 is 1.11. The van der Waals surface area contributed by atoms with Gasteiger partial charge in [0, 0.05) is 26.1 Å². The van der Waals surface area contributed by atoms with E-state index in [1.165, 1.54) is 5.56 Å². The van der Waals surface area contributed by atoms with Gasteiger partial charge in [-0.3, -0.25) is 4.79 Å². The molecular formula is C12H19BrN2OS. The molecule has 1 atom stereocenters. The Morgan fingerprint density at radius 2 is 2.35 bits per heavy atom. The molecule has 1 amide bonds. The first-order valence-corrected chi connectivity index (χ1v) is 7.40. The van der Waals surface area contributed by atoms with Crippen LogP contribution in [-0.2, 0) is 11.3 Å². The Balaban J connectivity index is 2.41. The molecule has 0 spiro atoms. The van der Waals surface area contributed by atoms with Crippen LogP contribution in [-0.4, -0.2) is 30.4 Å². The minimum Gasteiger partial charge on any atom is -0.341 e. The second-order valence-electron chi connectivity index (χ2n) is 4.17. The lowest BCUT2D eigenvalue weighted by Gasteiger charge is -2.19. The van der Waals surface area contributed by atoms with Crippen LogP contribution in [0.4, 0.5) is 0 Å². The zero-order valence-corrected chi connectivity index (χ0v) is 12.9. The summed E-state index contributed by atoms with van der Waals surface area (Å²) in [5.41, 5.74) is 1.17. The summed E-state index contributed by atoms with van der Waals surface area (Å²) in [6, 6.07) is 2.30. The fourth-order valence-corrected chi connectivity index (χ4v) is 2.83. The monoisotopic (exact) mass is 318 g/mol. The van der Waals surface area contributed by atoms with Crippen molar-refractivity contribution in [3.63, 3.8) is 0 Å². The molecule has 0 saturated carbocycles. The number of hydrogen-bond acceptors (Lipinski definition) is 3. The molecule has 0 aliphatic heterocycles. The summed E-state index contributed by atoms with van der Waals surface area (Å²) in [4.78, 5) is 13.7. The van der Waals surface area contributed by atoms with Gasteiger partial charge in [0.2, 0.25) is 5.91 Å². The van der Waals surface area contributed by atoms with Gasteiger partial charge in [-0.25, -0.2) is 0 Å². The van der Waals surface area contributed by atoms with E-state index in [0.29, 0.717) is 13.0 Å². The lowest BCUT2D eigenvalue weighted by atomic mass is 10.2. The molecule has 1 heterocycles. The highest BCUT2D eigenvalue weighted by atomic mass is 79.9. The van der Waals surface area contributed by atoms with Gasteiger partial charge in [0.05, 0.1) is 3.79 Å². The van der Waals surface area contributed by atoms with E-state index in [-0.39, 0.29) is 11.9 Å². The Kier molecular flexibility index (Phi) is 6.16. The smallest absolute Gasteiger partial charge is 0.224 e. The van der Waals surface area contributed by atoms with Crippen LogP contribution in [0.15, 0.2) is 15.2 Å². The number of amides is 1. The largest absolute Gasteiger partial charge is 0.341 e. The van der Waals surface area contributed by atoms with Crippen molar-refractivity contribution >= 4 is 33.2 Å². The van der Waals surface area contributed by atoms with Gasteiger partial charge in [-0.05, 0) is 46.4 Å². The molecule has 1 aromatic rings. The summed E-state index contributed by atoms with van der Waals surface area (Å²) in [6.07, 6.45) is 0.551. The van der Waals surface area contributed by atoms with Crippen molar-refractivity contribution in [1.82, 2.24) is 10.2 Å². The van der Waals surface area contributed by atoms with Gasteiger partial charge in [-0.1, -0.05) is 6.92 Å². The molecule has 0 aliphatic carbocycles. The number of halogens is 1. The van der Waals surface area contributed by atoms with Crippen LogP contribution in [0.5, 0.6) is 0 Å². The van der Waals surface area contributed by atoms with Gasteiger partial charge in [0.15, 0.2) is 0 Å². The van der Waals surface area contributed by atoms with E-state index >= 15 is 0 Å². The fraction of sp³-hybridized carbons (Fsp3) is 0.583. The van der Waals surface area contributed by atoms with Gasteiger partial charge in [0.1, 0.15) is 0 Å². The highest BCUT2D eigenvalue weighted by molar-refractivity contribution is 9.11. The molecule has 1 rings (SSSR count). The van der Waals surface area contributed by atoms with E-state index in [1.807, 2.05) is 20.9 Å². The highest BCUT2D eigenvalue weighted by Crippen LogP contribution is 2.21. The third-order valence-electron chi connectivity index (χ3n) is 2.50. The second-order valence-corrected chi connectivity index (χ2v) is 6.46. The van der Waals surface area contributed by atoms with E-state index in [1.54, 1.807) is 16.2 Å². The molecular weight excluding hydrogens is 300 g/mol. The maximum absolute atomic E-state index is 11.9. The van der Waals surface area contributed by atoms with Crippen molar-refractivity contribution in [1.29, 1.82) is 0 Å². The van der Waals surface area contributed by atoms with Crippen LogP contribution in [0, 0.1) is 0 Å². The third-order valence-corrected chi connectivity index (χ3v) is 4.05. The van der Waals surface area contributed by atoms with Crippen LogP contribution < -0.4 is 5.32 Å². The predicted octanol–water partition coefficient (Wildman–Crippen LogP) is 2.86. The van der Waals surface area contributed by atoms with Crippen LogP contribution in [0.3, 0.4) is 0 Å². The highest BCUT2D eigenvalue weighted by Gasteiger charge is 2.13. The van der Waals surface area contributed by atoms with E-state index in [9.17, 15) is 4.79 Å². The number of rotatable bonds is 6. The molecule has 0 saturated heterocycles. The Bertz CT molecular complexity index is 367. The van der Waals surface area contributed by atoms with E-state index in [4.69, 9.17) is 0 Å². The van der Waals surface area contributed by atoms with Gasteiger partial charge in [0.25, 0.3) is 0 Å². The second kappa shape index (κ2) is 7.13. The van der Waals surface area contributed by atoms with Crippen molar-refractivity contribution in [2.24, 2.45) is 0 Å². The number of carbonyl (C=O) groups excluding carboxylic acids is 1. The molecule has 0 radical (unpaired) electrons. The molecule has 0 fully saturated rings. The maximum Gasteiger partial charge on any atom is 0.224 e. The summed E-state index contributed by atoms with van der Waals surface area (Å²) in [7, 11) is 1.85. The normalized spacial score (nSPS) is 12.5. The molecule has 1 unspecified atom stereocenters. The molecule has 1 aromatic heterocycles. The maximum atomic E-state index is 11.9. The molecule has 17 heavy (non-hydrogen) atoms.